The predicted molar refractivity (Wildman–Crippen MR) is 134 cm³/mol. The van der Waals surface area contributed by atoms with Crippen molar-refractivity contribution in [3.05, 3.63) is 91.0 Å². The fraction of sp³-hybridized carbons (Fsp3) is 0.130. The van der Waals surface area contributed by atoms with Crippen LogP contribution in [0.25, 0.3) is 0 Å². The first-order chi connectivity index (χ1) is 15.4. The first kappa shape index (κ1) is 24.3. The maximum absolute atomic E-state index is 12.1. The van der Waals surface area contributed by atoms with Crippen molar-refractivity contribution in [1.82, 2.24) is 5.43 Å². The lowest BCUT2D eigenvalue weighted by Gasteiger charge is -2.14. The van der Waals surface area contributed by atoms with Crippen molar-refractivity contribution in [3.8, 4) is 11.5 Å². The number of hydrazone groups is 1. The van der Waals surface area contributed by atoms with Crippen LogP contribution < -0.4 is 14.9 Å². The number of aliphatic hydroxyl groups is 1. The van der Waals surface area contributed by atoms with E-state index in [1.807, 2.05) is 6.07 Å². The van der Waals surface area contributed by atoms with E-state index in [4.69, 9.17) is 32.7 Å². The molecule has 0 unspecified atom stereocenters. The summed E-state index contributed by atoms with van der Waals surface area (Å²) in [5, 5.41) is 15.1. The molecule has 0 aromatic heterocycles. The van der Waals surface area contributed by atoms with E-state index in [2.05, 4.69) is 33.1 Å². The summed E-state index contributed by atoms with van der Waals surface area (Å²) in [5.41, 5.74) is 4.29. The molecule has 6 nitrogen and oxygen atoms in total. The normalized spacial score (nSPS) is 11.9. The zero-order chi connectivity index (χ0) is 23.1. The summed E-state index contributed by atoms with van der Waals surface area (Å²) in [4.78, 5) is 12.1. The number of benzene rings is 3. The van der Waals surface area contributed by atoms with Crippen molar-refractivity contribution in [2.24, 2.45) is 5.10 Å². The van der Waals surface area contributed by atoms with Gasteiger partial charge in [-0.15, -0.1) is 0 Å². The van der Waals surface area contributed by atoms with E-state index in [0.29, 0.717) is 32.7 Å². The number of nitrogens with one attached hydrogen (secondary N) is 1. The van der Waals surface area contributed by atoms with E-state index in [1.165, 1.54) is 13.3 Å². The highest BCUT2D eigenvalue weighted by atomic mass is 127. The molecular formula is C23H19Cl2IN2O4. The molecular weight excluding hydrogens is 566 g/mol. The molecule has 0 aliphatic heterocycles. The van der Waals surface area contributed by atoms with Crippen molar-refractivity contribution < 1.29 is 19.4 Å². The van der Waals surface area contributed by atoms with Crippen molar-refractivity contribution in [3.63, 3.8) is 0 Å². The number of carbonyl (C=O) groups excluding carboxylic acids is 1. The van der Waals surface area contributed by atoms with Gasteiger partial charge in [-0.1, -0.05) is 59.6 Å². The average Bonchev–Trinajstić information content (AvgIpc) is 2.79. The Morgan fingerprint density at radius 2 is 1.94 bits per heavy atom. The summed E-state index contributed by atoms with van der Waals surface area (Å²) in [7, 11) is 1.53. The van der Waals surface area contributed by atoms with Gasteiger partial charge in [0, 0.05) is 15.6 Å². The number of nitrogens with zero attached hydrogens (tertiary/aromatic N) is 1. The van der Waals surface area contributed by atoms with Gasteiger partial charge in [-0.3, -0.25) is 4.79 Å². The Labute approximate surface area is 209 Å². The minimum absolute atomic E-state index is 0.239. The third-order valence-corrected chi connectivity index (χ3v) is 5.78. The number of aliphatic hydroxyl groups excluding tert-OH is 1. The molecule has 32 heavy (non-hydrogen) atoms. The maximum Gasteiger partial charge on any atom is 0.273 e. The highest BCUT2D eigenvalue weighted by molar-refractivity contribution is 14.1. The molecule has 9 heteroatoms. The van der Waals surface area contributed by atoms with Gasteiger partial charge < -0.3 is 14.6 Å². The van der Waals surface area contributed by atoms with Crippen LogP contribution in [0.2, 0.25) is 10.0 Å². The van der Waals surface area contributed by atoms with E-state index < -0.39 is 12.0 Å². The van der Waals surface area contributed by atoms with E-state index >= 15 is 0 Å². The molecule has 0 bridgehead atoms. The summed E-state index contributed by atoms with van der Waals surface area (Å²) in [5.74, 6) is 0.424. The van der Waals surface area contributed by atoms with Gasteiger partial charge in [0.05, 0.1) is 16.9 Å². The highest BCUT2D eigenvalue weighted by Crippen LogP contribution is 2.35. The lowest BCUT2D eigenvalue weighted by atomic mass is 10.1. The molecule has 0 saturated carbocycles. The summed E-state index contributed by atoms with van der Waals surface area (Å²) in [6.07, 6.45) is 0.152. The zero-order valence-electron chi connectivity index (χ0n) is 16.9. The number of carbonyl (C=O) groups is 1. The van der Waals surface area contributed by atoms with Crippen LogP contribution in [0, 0.1) is 3.57 Å². The molecule has 0 spiro atoms. The molecule has 3 aromatic rings. The van der Waals surface area contributed by atoms with Gasteiger partial charge in [0.15, 0.2) is 17.6 Å². The summed E-state index contributed by atoms with van der Waals surface area (Å²) >= 11 is 14.3. The Hall–Kier alpha value is -2.33. The van der Waals surface area contributed by atoms with E-state index in [-0.39, 0.29) is 6.61 Å². The smallest absolute Gasteiger partial charge is 0.273 e. The third kappa shape index (κ3) is 6.35. The van der Waals surface area contributed by atoms with Gasteiger partial charge in [-0.05, 0) is 58.0 Å². The first-order valence-corrected chi connectivity index (χ1v) is 11.2. The fourth-order valence-corrected chi connectivity index (χ4v) is 4.01. The van der Waals surface area contributed by atoms with Crippen molar-refractivity contribution in [2.75, 3.05) is 7.11 Å². The topological polar surface area (TPSA) is 80.2 Å². The fourth-order valence-electron chi connectivity index (χ4n) is 2.76. The van der Waals surface area contributed by atoms with Gasteiger partial charge in [-0.25, -0.2) is 5.43 Å². The lowest BCUT2D eigenvalue weighted by molar-refractivity contribution is -0.129. The minimum atomic E-state index is -1.31. The van der Waals surface area contributed by atoms with E-state index in [9.17, 15) is 9.90 Å². The van der Waals surface area contributed by atoms with E-state index in [0.717, 1.165) is 9.13 Å². The van der Waals surface area contributed by atoms with Crippen LogP contribution in [0.1, 0.15) is 22.8 Å². The van der Waals surface area contributed by atoms with Crippen LogP contribution >= 0.6 is 45.8 Å². The van der Waals surface area contributed by atoms with Crippen LogP contribution in [0.15, 0.2) is 65.8 Å². The van der Waals surface area contributed by atoms with Gasteiger partial charge in [0.2, 0.25) is 0 Å². The van der Waals surface area contributed by atoms with Gasteiger partial charge in [0.25, 0.3) is 5.91 Å². The third-order valence-electron chi connectivity index (χ3n) is 4.39. The van der Waals surface area contributed by atoms with Crippen LogP contribution in [-0.4, -0.2) is 24.3 Å². The number of amides is 1. The second-order valence-corrected chi connectivity index (χ2v) is 8.61. The Morgan fingerprint density at radius 3 is 2.62 bits per heavy atom. The zero-order valence-corrected chi connectivity index (χ0v) is 20.6. The molecule has 3 aromatic carbocycles. The van der Waals surface area contributed by atoms with Crippen LogP contribution in [-0.2, 0) is 11.4 Å². The van der Waals surface area contributed by atoms with Gasteiger partial charge in [0.1, 0.15) is 6.61 Å². The standard InChI is InChI=1S/C23H19Cl2IN2O4/c1-31-20-10-14(12-27-28-23(30)21(29)15-5-3-2-4-6-15)9-19(26)22(20)32-13-16-7-8-17(24)11-18(16)25/h2-12,21,29H,13H2,1H3,(H,28,30)/b27-12-/t21-/m0/s1. The molecule has 166 valence electrons. The van der Waals surface area contributed by atoms with Crippen LogP contribution in [0.4, 0.5) is 0 Å². The Morgan fingerprint density at radius 1 is 1.19 bits per heavy atom. The van der Waals surface area contributed by atoms with Crippen molar-refractivity contribution in [1.29, 1.82) is 0 Å². The molecule has 0 fully saturated rings. The molecule has 0 aliphatic carbocycles. The number of hydrogen-bond donors (Lipinski definition) is 2. The van der Waals surface area contributed by atoms with Gasteiger partial charge in [-0.2, -0.15) is 5.10 Å². The summed E-state index contributed by atoms with van der Waals surface area (Å²) < 4.78 is 12.2. The molecule has 3 rings (SSSR count). The minimum Gasteiger partial charge on any atom is -0.493 e. The summed E-state index contributed by atoms with van der Waals surface area (Å²) in [6.45, 7) is 0.239. The first-order valence-electron chi connectivity index (χ1n) is 9.39. The summed E-state index contributed by atoms with van der Waals surface area (Å²) in [6, 6.07) is 17.4. The number of hydrogen-bond acceptors (Lipinski definition) is 5. The Balaban J connectivity index is 1.68. The van der Waals surface area contributed by atoms with Crippen molar-refractivity contribution in [2.45, 2.75) is 12.7 Å². The monoisotopic (exact) mass is 584 g/mol. The van der Waals surface area contributed by atoms with Crippen LogP contribution in [0.5, 0.6) is 11.5 Å². The Kier molecular flexibility index (Phi) is 8.75. The lowest BCUT2D eigenvalue weighted by Crippen LogP contribution is -2.25. The number of halogens is 3. The largest absolute Gasteiger partial charge is 0.493 e. The second-order valence-electron chi connectivity index (χ2n) is 6.61. The maximum atomic E-state index is 12.1. The quantitative estimate of drug-likeness (QED) is 0.212. The number of rotatable bonds is 8. The average molecular weight is 585 g/mol. The van der Waals surface area contributed by atoms with E-state index in [1.54, 1.807) is 54.6 Å². The SMILES string of the molecule is COc1cc(/C=N\NC(=O)[C@@H](O)c2ccccc2)cc(I)c1OCc1ccc(Cl)cc1Cl. The molecule has 0 saturated heterocycles. The second kappa shape index (κ2) is 11.5. The number of methoxy groups -OCH3 is 1. The van der Waals surface area contributed by atoms with Crippen molar-refractivity contribution >= 4 is 57.9 Å². The highest BCUT2D eigenvalue weighted by Gasteiger charge is 2.16. The van der Waals surface area contributed by atoms with Gasteiger partial charge >= 0.3 is 0 Å². The predicted octanol–water partition coefficient (Wildman–Crippen LogP) is 5.37. The molecule has 0 aliphatic rings. The molecule has 0 heterocycles. The number of ether oxygens (including phenoxy) is 2. The Bertz CT molecular complexity index is 1130. The van der Waals surface area contributed by atoms with Crippen LogP contribution in [0.3, 0.4) is 0 Å². The molecule has 1 atom stereocenters. The molecule has 0 radical (unpaired) electrons. The molecule has 2 N–H and O–H groups in total. The molecule has 1 amide bonds.